The minimum atomic E-state index is -0.308. The van der Waals surface area contributed by atoms with Crippen LogP contribution in [0.1, 0.15) is 54.4 Å². The monoisotopic (exact) mass is 406 g/mol. The van der Waals surface area contributed by atoms with Crippen molar-refractivity contribution in [2.45, 2.75) is 51.5 Å². The van der Waals surface area contributed by atoms with Crippen molar-refractivity contribution in [1.82, 2.24) is 20.0 Å². The molecule has 0 unspecified atom stereocenters. The largest absolute Gasteiger partial charge is 0.334 e. The van der Waals surface area contributed by atoms with Crippen molar-refractivity contribution in [2.75, 3.05) is 19.6 Å². The average molecular weight is 407 g/mol. The molecule has 0 radical (unpaired) electrons. The quantitative estimate of drug-likeness (QED) is 0.826. The van der Waals surface area contributed by atoms with Gasteiger partial charge in [0.25, 0.3) is 5.91 Å². The van der Waals surface area contributed by atoms with Gasteiger partial charge in [-0.15, -0.1) is 12.4 Å². The van der Waals surface area contributed by atoms with Crippen LogP contribution in [0.4, 0.5) is 4.39 Å². The van der Waals surface area contributed by atoms with Crippen LogP contribution >= 0.6 is 12.4 Å². The molecule has 7 heteroatoms. The number of piperidine rings is 1. The predicted octanol–water partition coefficient (Wildman–Crippen LogP) is 3.53. The molecule has 1 aromatic heterocycles. The maximum absolute atomic E-state index is 14.4. The third-order valence-electron chi connectivity index (χ3n) is 5.69. The highest BCUT2D eigenvalue weighted by Gasteiger charge is 2.33. The van der Waals surface area contributed by atoms with Crippen LogP contribution in [0.15, 0.2) is 24.3 Å². The molecule has 5 nitrogen and oxygen atoms in total. The van der Waals surface area contributed by atoms with Gasteiger partial charge in [0.15, 0.2) is 5.69 Å². The molecule has 1 saturated heterocycles. The molecule has 0 bridgehead atoms. The fraction of sp³-hybridized carbons (Fsp3) is 0.524. The van der Waals surface area contributed by atoms with E-state index in [4.69, 9.17) is 0 Å². The van der Waals surface area contributed by atoms with Crippen molar-refractivity contribution in [3.8, 4) is 5.69 Å². The van der Waals surface area contributed by atoms with Crippen LogP contribution in [0.2, 0.25) is 0 Å². The number of carbonyl (C=O) groups excluding carboxylic acids is 1. The molecule has 1 N–H and O–H groups in total. The Morgan fingerprint density at radius 2 is 2.04 bits per heavy atom. The molecular weight excluding hydrogens is 379 g/mol. The number of hydrogen-bond acceptors (Lipinski definition) is 3. The molecular formula is C21H28ClFN4O. The maximum Gasteiger partial charge on any atom is 0.274 e. The Morgan fingerprint density at radius 3 is 2.75 bits per heavy atom. The van der Waals surface area contributed by atoms with Gasteiger partial charge in [0.1, 0.15) is 11.5 Å². The minimum Gasteiger partial charge on any atom is -0.334 e. The Kier molecular flexibility index (Phi) is 6.73. The molecule has 2 aliphatic rings. The summed E-state index contributed by atoms with van der Waals surface area (Å²) >= 11 is 0. The lowest BCUT2D eigenvalue weighted by Crippen LogP contribution is -2.46. The van der Waals surface area contributed by atoms with Crippen LogP contribution in [-0.4, -0.2) is 46.3 Å². The van der Waals surface area contributed by atoms with E-state index in [2.05, 4.69) is 17.3 Å². The second-order valence-electron chi connectivity index (χ2n) is 7.47. The molecule has 2 aromatic rings. The molecule has 4 rings (SSSR count). The molecule has 1 amide bonds. The van der Waals surface area contributed by atoms with E-state index in [-0.39, 0.29) is 30.2 Å². The molecule has 1 fully saturated rings. The van der Waals surface area contributed by atoms with E-state index in [0.29, 0.717) is 11.4 Å². The molecule has 1 aliphatic heterocycles. The summed E-state index contributed by atoms with van der Waals surface area (Å²) in [5, 5.41) is 8.00. The summed E-state index contributed by atoms with van der Waals surface area (Å²) in [7, 11) is 0. The molecule has 0 atom stereocenters. The summed E-state index contributed by atoms with van der Waals surface area (Å²) < 4.78 is 16.0. The molecule has 1 aliphatic carbocycles. The van der Waals surface area contributed by atoms with Gasteiger partial charge in [-0.05, 0) is 63.7 Å². The van der Waals surface area contributed by atoms with E-state index in [1.807, 2.05) is 4.90 Å². The Labute approximate surface area is 171 Å². The predicted molar refractivity (Wildman–Crippen MR) is 110 cm³/mol. The van der Waals surface area contributed by atoms with Crippen molar-refractivity contribution >= 4 is 18.3 Å². The first-order valence-corrected chi connectivity index (χ1v) is 10.1. The van der Waals surface area contributed by atoms with Crippen LogP contribution in [0.5, 0.6) is 0 Å². The Balaban J connectivity index is 0.00000225. The van der Waals surface area contributed by atoms with Crippen molar-refractivity contribution in [3.63, 3.8) is 0 Å². The van der Waals surface area contributed by atoms with Crippen LogP contribution in [0.3, 0.4) is 0 Å². The van der Waals surface area contributed by atoms with E-state index in [9.17, 15) is 9.18 Å². The van der Waals surface area contributed by atoms with Gasteiger partial charge in [-0.25, -0.2) is 9.07 Å². The highest BCUT2D eigenvalue weighted by Crippen LogP contribution is 2.30. The Bertz CT molecular complexity index is 832. The molecule has 0 saturated carbocycles. The second-order valence-corrected chi connectivity index (χ2v) is 7.47. The third-order valence-corrected chi connectivity index (χ3v) is 5.69. The van der Waals surface area contributed by atoms with E-state index in [1.165, 1.54) is 6.07 Å². The van der Waals surface area contributed by atoms with Gasteiger partial charge in [0, 0.05) is 23.8 Å². The van der Waals surface area contributed by atoms with Crippen LogP contribution < -0.4 is 5.32 Å². The lowest BCUT2D eigenvalue weighted by atomic mass is 10.0. The van der Waals surface area contributed by atoms with E-state index in [1.54, 1.807) is 22.9 Å². The van der Waals surface area contributed by atoms with Crippen LogP contribution in [-0.2, 0) is 12.8 Å². The molecule has 28 heavy (non-hydrogen) atoms. The first kappa shape index (κ1) is 20.8. The lowest BCUT2D eigenvalue weighted by molar-refractivity contribution is 0.0635. The number of benzene rings is 1. The zero-order valence-electron chi connectivity index (χ0n) is 16.3. The standard InChI is InChI=1S/C21H27FN4O.ClH/c1-2-14-25(15-10-12-23-13-11-15)21(27)20-16-6-5-9-18(16)26(24-20)19-8-4-3-7-17(19)22;/h3-4,7-8,15,23H,2,5-6,9-14H2,1H3;1H. The second kappa shape index (κ2) is 9.05. The van der Waals surface area contributed by atoms with Crippen molar-refractivity contribution in [3.05, 3.63) is 47.0 Å². The number of nitrogens with zero attached hydrogens (tertiary/aromatic N) is 3. The smallest absolute Gasteiger partial charge is 0.274 e. The van der Waals surface area contributed by atoms with Gasteiger partial charge in [0.05, 0.1) is 0 Å². The topological polar surface area (TPSA) is 50.2 Å². The zero-order chi connectivity index (χ0) is 18.8. The fourth-order valence-electron chi connectivity index (χ4n) is 4.38. The first-order chi connectivity index (χ1) is 13.2. The molecule has 152 valence electrons. The number of rotatable bonds is 5. The van der Waals surface area contributed by atoms with Crippen molar-refractivity contribution in [2.24, 2.45) is 0 Å². The van der Waals surface area contributed by atoms with Crippen molar-refractivity contribution < 1.29 is 9.18 Å². The molecule has 0 spiro atoms. The van der Waals surface area contributed by atoms with Gasteiger partial charge in [-0.2, -0.15) is 5.10 Å². The van der Waals surface area contributed by atoms with Gasteiger partial charge < -0.3 is 10.2 Å². The highest BCUT2D eigenvalue weighted by atomic mass is 35.5. The van der Waals surface area contributed by atoms with Crippen LogP contribution in [0.25, 0.3) is 5.69 Å². The summed E-state index contributed by atoms with van der Waals surface area (Å²) in [4.78, 5) is 15.5. The highest BCUT2D eigenvalue weighted by molar-refractivity contribution is 5.94. The normalized spacial score (nSPS) is 16.5. The number of para-hydroxylation sites is 1. The third kappa shape index (κ3) is 3.80. The number of nitrogens with one attached hydrogen (secondary N) is 1. The summed E-state index contributed by atoms with van der Waals surface area (Å²) in [5.41, 5.74) is 2.96. The molecule has 2 heterocycles. The number of carbonyl (C=O) groups is 1. The maximum atomic E-state index is 14.4. The first-order valence-electron chi connectivity index (χ1n) is 10.1. The number of fused-ring (bicyclic) bond motifs is 1. The van der Waals surface area contributed by atoms with Gasteiger partial charge in [-0.3, -0.25) is 4.79 Å². The van der Waals surface area contributed by atoms with E-state index in [0.717, 1.165) is 69.4 Å². The Hall–Kier alpha value is -1.92. The van der Waals surface area contributed by atoms with Gasteiger partial charge in [0.2, 0.25) is 0 Å². The summed E-state index contributed by atoms with van der Waals surface area (Å²) in [6.45, 7) is 4.73. The zero-order valence-corrected chi connectivity index (χ0v) is 17.1. The average Bonchev–Trinajstić information content (AvgIpc) is 3.30. The van der Waals surface area contributed by atoms with E-state index < -0.39 is 0 Å². The number of hydrogen-bond donors (Lipinski definition) is 1. The van der Waals surface area contributed by atoms with Gasteiger partial charge in [-0.1, -0.05) is 19.1 Å². The van der Waals surface area contributed by atoms with Crippen molar-refractivity contribution in [1.29, 1.82) is 0 Å². The number of halogens is 2. The SMILES string of the molecule is CCCN(C(=O)c1nn(-c2ccccc2F)c2c1CCC2)C1CCNCC1.Cl. The number of amides is 1. The lowest BCUT2D eigenvalue weighted by Gasteiger charge is -2.34. The number of aromatic nitrogens is 2. The van der Waals surface area contributed by atoms with Gasteiger partial charge >= 0.3 is 0 Å². The summed E-state index contributed by atoms with van der Waals surface area (Å²) in [6.07, 6.45) is 5.54. The van der Waals surface area contributed by atoms with Crippen LogP contribution in [0, 0.1) is 5.82 Å². The Morgan fingerprint density at radius 1 is 1.29 bits per heavy atom. The molecule has 1 aromatic carbocycles. The minimum absolute atomic E-state index is 0. The fourth-order valence-corrected chi connectivity index (χ4v) is 4.38. The summed E-state index contributed by atoms with van der Waals surface area (Å²) in [6, 6.07) is 6.91. The summed E-state index contributed by atoms with van der Waals surface area (Å²) in [5.74, 6) is -0.297. The van der Waals surface area contributed by atoms with E-state index >= 15 is 0 Å².